The first-order chi connectivity index (χ1) is 11.4. The summed E-state index contributed by atoms with van der Waals surface area (Å²) >= 11 is 0. The molecule has 3 rings (SSSR count). The number of furan rings is 1. The van der Waals surface area contributed by atoms with Gasteiger partial charge in [0.15, 0.2) is 0 Å². The summed E-state index contributed by atoms with van der Waals surface area (Å²) in [6.45, 7) is 2.22. The summed E-state index contributed by atoms with van der Waals surface area (Å²) < 4.78 is 6.13. The van der Waals surface area contributed by atoms with Crippen LogP contribution in [-0.2, 0) is 0 Å². The number of allylic oxidation sites excluding steroid dienone is 1. The van der Waals surface area contributed by atoms with Crippen LogP contribution in [0.4, 0.5) is 0 Å². The zero-order chi connectivity index (χ0) is 15.9. The largest absolute Gasteiger partial charge is 0.456 e. The number of rotatable bonds is 6. The predicted molar refractivity (Wildman–Crippen MR) is 98.0 cm³/mol. The van der Waals surface area contributed by atoms with E-state index >= 15 is 0 Å². The fourth-order valence-electron chi connectivity index (χ4n) is 2.65. The van der Waals surface area contributed by atoms with Crippen molar-refractivity contribution < 1.29 is 4.42 Å². The first-order valence-electron chi connectivity index (χ1n) is 8.28. The van der Waals surface area contributed by atoms with Crippen LogP contribution in [0.25, 0.3) is 23.0 Å². The molecule has 23 heavy (non-hydrogen) atoms. The minimum atomic E-state index is 0.927. The topological polar surface area (TPSA) is 13.1 Å². The van der Waals surface area contributed by atoms with E-state index in [1.165, 1.54) is 24.0 Å². The maximum Gasteiger partial charge on any atom is 0.134 e. The van der Waals surface area contributed by atoms with Gasteiger partial charge in [-0.15, -0.1) is 0 Å². The molecule has 0 N–H and O–H groups in total. The minimum absolute atomic E-state index is 0.927. The summed E-state index contributed by atoms with van der Waals surface area (Å²) in [4.78, 5) is 0. The molecule has 2 aromatic carbocycles. The Morgan fingerprint density at radius 3 is 2.26 bits per heavy atom. The summed E-state index contributed by atoms with van der Waals surface area (Å²) in [5, 5.41) is 0. The lowest BCUT2D eigenvalue weighted by Crippen LogP contribution is -1.83. The molecule has 116 valence electrons. The molecule has 0 saturated heterocycles. The molecule has 0 fully saturated rings. The highest BCUT2D eigenvalue weighted by molar-refractivity contribution is 5.80. The second-order valence-corrected chi connectivity index (χ2v) is 5.71. The highest BCUT2D eigenvalue weighted by Crippen LogP contribution is 2.29. The molecule has 0 unspecified atom stereocenters. The van der Waals surface area contributed by atoms with E-state index in [4.69, 9.17) is 4.42 Å². The zero-order valence-electron chi connectivity index (χ0n) is 13.5. The molecule has 0 aliphatic rings. The van der Waals surface area contributed by atoms with E-state index in [-0.39, 0.29) is 0 Å². The molecular formula is C22H22O. The maximum atomic E-state index is 6.13. The van der Waals surface area contributed by atoms with Crippen molar-refractivity contribution in [2.75, 3.05) is 0 Å². The SMILES string of the molecule is CCCC/C(=C/c1ccccc1)c1ccc(-c2ccccc2)o1. The van der Waals surface area contributed by atoms with E-state index in [0.29, 0.717) is 0 Å². The minimum Gasteiger partial charge on any atom is -0.456 e. The third kappa shape index (κ3) is 4.01. The molecule has 3 aromatic rings. The number of benzene rings is 2. The first-order valence-corrected chi connectivity index (χ1v) is 8.28. The Kier molecular flexibility index (Phi) is 5.10. The third-order valence-electron chi connectivity index (χ3n) is 3.92. The molecule has 0 bridgehead atoms. The van der Waals surface area contributed by atoms with Gasteiger partial charge in [-0.3, -0.25) is 0 Å². The Hall–Kier alpha value is -2.54. The van der Waals surface area contributed by atoms with E-state index in [2.05, 4.69) is 61.5 Å². The number of hydrogen-bond donors (Lipinski definition) is 0. The van der Waals surface area contributed by atoms with Crippen molar-refractivity contribution in [2.45, 2.75) is 26.2 Å². The van der Waals surface area contributed by atoms with Gasteiger partial charge in [-0.1, -0.05) is 74.0 Å². The molecule has 1 nitrogen and oxygen atoms in total. The predicted octanol–water partition coefficient (Wildman–Crippen LogP) is 6.68. The summed E-state index contributed by atoms with van der Waals surface area (Å²) in [5.74, 6) is 1.90. The van der Waals surface area contributed by atoms with Crippen LogP contribution in [0.2, 0.25) is 0 Å². The van der Waals surface area contributed by atoms with Gasteiger partial charge in [0.1, 0.15) is 11.5 Å². The smallest absolute Gasteiger partial charge is 0.134 e. The van der Waals surface area contributed by atoms with Crippen LogP contribution in [0.15, 0.2) is 77.2 Å². The molecule has 1 heteroatoms. The van der Waals surface area contributed by atoms with Crippen LogP contribution in [-0.4, -0.2) is 0 Å². The first kappa shape index (κ1) is 15.4. The lowest BCUT2D eigenvalue weighted by molar-refractivity contribution is 0.564. The Balaban J connectivity index is 1.91. The number of hydrogen-bond acceptors (Lipinski definition) is 1. The molecule has 0 radical (unpaired) electrons. The maximum absolute atomic E-state index is 6.13. The van der Waals surface area contributed by atoms with Gasteiger partial charge in [0, 0.05) is 5.56 Å². The monoisotopic (exact) mass is 302 g/mol. The average Bonchev–Trinajstić information content (AvgIpc) is 3.10. The zero-order valence-corrected chi connectivity index (χ0v) is 13.5. The number of unbranched alkanes of at least 4 members (excludes halogenated alkanes) is 1. The molecule has 0 amide bonds. The molecule has 1 heterocycles. The second-order valence-electron chi connectivity index (χ2n) is 5.71. The average molecular weight is 302 g/mol. The van der Waals surface area contributed by atoms with Crippen molar-refractivity contribution in [3.05, 3.63) is 84.1 Å². The van der Waals surface area contributed by atoms with Gasteiger partial charge in [0.05, 0.1) is 0 Å². The fourth-order valence-corrected chi connectivity index (χ4v) is 2.65. The Labute approximate surface area is 138 Å². The second kappa shape index (κ2) is 7.64. The van der Waals surface area contributed by atoms with E-state index < -0.39 is 0 Å². The molecule has 0 spiro atoms. The van der Waals surface area contributed by atoms with Crippen molar-refractivity contribution in [1.82, 2.24) is 0 Å². The summed E-state index contributed by atoms with van der Waals surface area (Å²) in [6.07, 6.45) is 5.62. The highest BCUT2D eigenvalue weighted by Gasteiger charge is 2.09. The van der Waals surface area contributed by atoms with Crippen molar-refractivity contribution in [2.24, 2.45) is 0 Å². The summed E-state index contributed by atoms with van der Waals surface area (Å²) in [6, 6.07) is 24.9. The van der Waals surface area contributed by atoms with Crippen LogP contribution in [0.1, 0.15) is 37.5 Å². The lowest BCUT2D eigenvalue weighted by Gasteiger charge is -2.05. The molecule has 0 atom stereocenters. The summed E-state index contributed by atoms with van der Waals surface area (Å²) in [5.41, 5.74) is 3.60. The van der Waals surface area contributed by atoms with Crippen LogP contribution in [0.3, 0.4) is 0 Å². The quantitative estimate of drug-likeness (QED) is 0.495. The van der Waals surface area contributed by atoms with Gasteiger partial charge in [-0.25, -0.2) is 0 Å². The van der Waals surface area contributed by atoms with E-state index in [1.807, 2.05) is 24.3 Å². The van der Waals surface area contributed by atoms with Crippen molar-refractivity contribution in [3.8, 4) is 11.3 Å². The fraction of sp³-hybridized carbons (Fsp3) is 0.182. The van der Waals surface area contributed by atoms with Gasteiger partial charge in [-0.2, -0.15) is 0 Å². The third-order valence-corrected chi connectivity index (χ3v) is 3.92. The summed E-state index contributed by atoms with van der Waals surface area (Å²) in [7, 11) is 0. The van der Waals surface area contributed by atoms with Gasteiger partial charge >= 0.3 is 0 Å². The van der Waals surface area contributed by atoms with E-state index in [0.717, 1.165) is 23.5 Å². The highest BCUT2D eigenvalue weighted by atomic mass is 16.3. The van der Waals surface area contributed by atoms with Gasteiger partial charge in [0.2, 0.25) is 0 Å². The molecule has 0 saturated carbocycles. The van der Waals surface area contributed by atoms with Gasteiger partial charge in [0.25, 0.3) is 0 Å². The molecule has 1 aromatic heterocycles. The van der Waals surface area contributed by atoms with Crippen molar-refractivity contribution in [3.63, 3.8) is 0 Å². The normalized spacial score (nSPS) is 11.6. The van der Waals surface area contributed by atoms with Crippen molar-refractivity contribution >= 4 is 11.6 Å². The molecule has 0 aliphatic heterocycles. The lowest BCUT2D eigenvalue weighted by atomic mass is 10.0. The van der Waals surface area contributed by atoms with Crippen LogP contribution in [0.5, 0.6) is 0 Å². The van der Waals surface area contributed by atoms with Gasteiger partial charge < -0.3 is 4.42 Å². The van der Waals surface area contributed by atoms with E-state index in [9.17, 15) is 0 Å². The Morgan fingerprint density at radius 1 is 0.870 bits per heavy atom. The molecular weight excluding hydrogens is 280 g/mol. The molecule has 0 aliphatic carbocycles. The Morgan fingerprint density at radius 2 is 1.57 bits per heavy atom. The standard InChI is InChI=1S/C22H22O/c1-2-3-12-20(17-18-10-6-4-7-11-18)22-16-15-21(23-22)19-13-8-5-9-14-19/h4-11,13-17H,2-3,12H2,1H3/b20-17-. The van der Waals surface area contributed by atoms with Crippen molar-refractivity contribution in [1.29, 1.82) is 0 Å². The Bertz CT molecular complexity index is 751. The van der Waals surface area contributed by atoms with E-state index in [1.54, 1.807) is 0 Å². The van der Waals surface area contributed by atoms with Crippen LogP contribution in [0, 0.1) is 0 Å². The van der Waals surface area contributed by atoms with Gasteiger partial charge in [-0.05, 0) is 42.2 Å². The van der Waals surface area contributed by atoms with Crippen LogP contribution >= 0.6 is 0 Å². The van der Waals surface area contributed by atoms with Crippen LogP contribution < -0.4 is 0 Å².